The molecular formula is C18H32O4. The molecule has 0 aliphatic carbocycles. The molecule has 0 amide bonds. The Hall–Kier alpha value is -0.870. The largest absolute Gasteiger partial charge is 0.466 e. The van der Waals surface area contributed by atoms with Crippen LogP contribution in [0.25, 0.3) is 0 Å². The van der Waals surface area contributed by atoms with Gasteiger partial charge in [0.05, 0.1) is 12.7 Å². The first kappa shape index (κ1) is 19.2. The summed E-state index contributed by atoms with van der Waals surface area (Å²) in [6.45, 7) is 5.25. The fourth-order valence-electron chi connectivity index (χ4n) is 2.48. The van der Waals surface area contributed by atoms with Crippen molar-refractivity contribution in [2.24, 2.45) is 0 Å². The molecule has 0 N–H and O–H groups in total. The molecule has 4 nitrogen and oxygen atoms in total. The van der Waals surface area contributed by atoms with Crippen molar-refractivity contribution in [3.63, 3.8) is 0 Å². The Morgan fingerprint density at radius 3 is 2.86 bits per heavy atom. The van der Waals surface area contributed by atoms with Gasteiger partial charge in [-0.25, -0.2) is 0 Å². The number of hydrogen-bond donors (Lipinski definition) is 0. The molecule has 4 heteroatoms. The van der Waals surface area contributed by atoms with Gasteiger partial charge in [-0.15, -0.1) is 0 Å². The maximum atomic E-state index is 11.2. The molecule has 0 aromatic heterocycles. The second-order valence-electron chi connectivity index (χ2n) is 5.85. The van der Waals surface area contributed by atoms with Crippen LogP contribution in [0.4, 0.5) is 0 Å². The summed E-state index contributed by atoms with van der Waals surface area (Å²) in [5, 5.41) is 0. The Bertz CT molecular complexity index is 308. The van der Waals surface area contributed by atoms with Gasteiger partial charge >= 0.3 is 5.97 Å². The van der Waals surface area contributed by atoms with Gasteiger partial charge in [-0.05, 0) is 58.8 Å². The van der Waals surface area contributed by atoms with E-state index in [-0.39, 0.29) is 18.4 Å². The minimum absolute atomic E-state index is 0.0000247. The lowest BCUT2D eigenvalue weighted by atomic mass is 10.1. The molecular weight excluding hydrogens is 280 g/mol. The Balaban J connectivity index is 1.93. The molecule has 0 spiro atoms. The van der Waals surface area contributed by atoms with Crippen LogP contribution < -0.4 is 0 Å². The highest BCUT2D eigenvalue weighted by molar-refractivity contribution is 5.69. The van der Waals surface area contributed by atoms with E-state index in [2.05, 4.69) is 19.1 Å². The third kappa shape index (κ3) is 9.96. The van der Waals surface area contributed by atoms with Crippen LogP contribution in [0.1, 0.15) is 71.6 Å². The van der Waals surface area contributed by atoms with Crippen LogP contribution in [-0.2, 0) is 19.0 Å². The summed E-state index contributed by atoms with van der Waals surface area (Å²) in [5.41, 5.74) is 0. The standard InChI is InChI=1S/C18H32O4/c1-3-20-17(19)13-9-7-5-4-6-8-12-16(2)22-18-14-10-11-15-21-18/h6,8,16,18H,3-5,7,9-15H2,1-2H3/b8-6+. The van der Waals surface area contributed by atoms with Crippen molar-refractivity contribution < 1.29 is 19.0 Å². The number of carbonyl (C=O) groups is 1. The van der Waals surface area contributed by atoms with Crippen LogP contribution in [0.3, 0.4) is 0 Å². The minimum Gasteiger partial charge on any atom is -0.466 e. The van der Waals surface area contributed by atoms with Gasteiger partial charge in [0.1, 0.15) is 0 Å². The second-order valence-corrected chi connectivity index (χ2v) is 5.85. The fourth-order valence-corrected chi connectivity index (χ4v) is 2.48. The molecule has 1 fully saturated rings. The minimum atomic E-state index is -0.0750. The average molecular weight is 312 g/mol. The van der Waals surface area contributed by atoms with Crippen molar-refractivity contribution in [3.05, 3.63) is 12.2 Å². The first-order valence-corrected chi connectivity index (χ1v) is 8.80. The Morgan fingerprint density at radius 1 is 1.27 bits per heavy atom. The predicted molar refractivity (Wildman–Crippen MR) is 87.6 cm³/mol. The summed E-state index contributed by atoms with van der Waals surface area (Å²) in [5.74, 6) is -0.0750. The van der Waals surface area contributed by atoms with Gasteiger partial charge in [0.15, 0.2) is 6.29 Å². The van der Waals surface area contributed by atoms with Crippen LogP contribution in [0.15, 0.2) is 12.2 Å². The molecule has 1 saturated heterocycles. The van der Waals surface area contributed by atoms with E-state index in [0.29, 0.717) is 13.0 Å². The highest BCUT2D eigenvalue weighted by Crippen LogP contribution is 2.16. The molecule has 0 aromatic rings. The quantitative estimate of drug-likeness (QED) is 0.323. The molecule has 0 bridgehead atoms. The smallest absolute Gasteiger partial charge is 0.305 e. The Kier molecular flexibility index (Phi) is 11.0. The second kappa shape index (κ2) is 12.7. The number of unbranched alkanes of at least 4 members (excludes halogenated alkanes) is 3. The lowest BCUT2D eigenvalue weighted by molar-refractivity contribution is -0.183. The Labute approximate surface area is 135 Å². The maximum absolute atomic E-state index is 11.2. The van der Waals surface area contributed by atoms with E-state index in [9.17, 15) is 4.79 Å². The van der Waals surface area contributed by atoms with Crippen LogP contribution in [-0.4, -0.2) is 31.6 Å². The fraction of sp³-hybridized carbons (Fsp3) is 0.833. The molecule has 0 radical (unpaired) electrons. The van der Waals surface area contributed by atoms with E-state index in [4.69, 9.17) is 14.2 Å². The summed E-state index contributed by atoms with van der Waals surface area (Å²) in [6.07, 6.45) is 13.7. The van der Waals surface area contributed by atoms with Crippen molar-refractivity contribution in [1.29, 1.82) is 0 Å². The van der Waals surface area contributed by atoms with Crippen LogP contribution in [0.2, 0.25) is 0 Å². The monoisotopic (exact) mass is 312 g/mol. The van der Waals surface area contributed by atoms with E-state index >= 15 is 0 Å². The first-order valence-electron chi connectivity index (χ1n) is 8.80. The SMILES string of the molecule is CCOC(=O)CCCCC/C=C/CC(C)OC1CCCCO1. The van der Waals surface area contributed by atoms with Gasteiger partial charge in [-0.2, -0.15) is 0 Å². The molecule has 1 rings (SSSR count). The van der Waals surface area contributed by atoms with Gasteiger partial charge < -0.3 is 14.2 Å². The van der Waals surface area contributed by atoms with Crippen molar-refractivity contribution in [1.82, 2.24) is 0 Å². The topological polar surface area (TPSA) is 44.8 Å². The number of hydrogen-bond acceptors (Lipinski definition) is 4. The van der Waals surface area contributed by atoms with Crippen LogP contribution >= 0.6 is 0 Å². The lowest BCUT2D eigenvalue weighted by Crippen LogP contribution is -2.26. The van der Waals surface area contributed by atoms with Gasteiger partial charge in [0.25, 0.3) is 0 Å². The summed E-state index contributed by atoms with van der Waals surface area (Å²) in [6, 6.07) is 0. The highest BCUT2D eigenvalue weighted by atomic mass is 16.7. The maximum Gasteiger partial charge on any atom is 0.305 e. The number of carbonyl (C=O) groups excluding carboxylic acids is 1. The number of ether oxygens (including phenoxy) is 3. The van der Waals surface area contributed by atoms with Gasteiger partial charge in [-0.3, -0.25) is 4.79 Å². The molecule has 1 aliphatic heterocycles. The molecule has 1 heterocycles. The summed E-state index contributed by atoms with van der Waals surface area (Å²) < 4.78 is 16.3. The van der Waals surface area contributed by atoms with Crippen LogP contribution in [0.5, 0.6) is 0 Å². The summed E-state index contributed by atoms with van der Waals surface area (Å²) in [7, 11) is 0. The zero-order valence-electron chi connectivity index (χ0n) is 14.2. The van der Waals surface area contributed by atoms with Gasteiger partial charge in [-0.1, -0.05) is 18.6 Å². The number of esters is 1. The third-order valence-electron chi connectivity index (χ3n) is 3.71. The normalized spacial score (nSPS) is 20.2. The molecule has 1 aliphatic rings. The first-order chi connectivity index (χ1) is 10.7. The van der Waals surface area contributed by atoms with E-state index in [0.717, 1.165) is 51.6 Å². The summed E-state index contributed by atoms with van der Waals surface area (Å²) >= 11 is 0. The summed E-state index contributed by atoms with van der Waals surface area (Å²) in [4.78, 5) is 11.2. The van der Waals surface area contributed by atoms with Crippen molar-refractivity contribution in [2.75, 3.05) is 13.2 Å². The molecule has 0 aromatic carbocycles. The van der Waals surface area contributed by atoms with Crippen molar-refractivity contribution >= 4 is 5.97 Å². The van der Waals surface area contributed by atoms with E-state index in [1.807, 2.05) is 6.92 Å². The molecule has 128 valence electrons. The lowest BCUT2D eigenvalue weighted by Gasteiger charge is -2.25. The molecule has 2 unspecified atom stereocenters. The zero-order valence-corrected chi connectivity index (χ0v) is 14.2. The zero-order chi connectivity index (χ0) is 16.0. The van der Waals surface area contributed by atoms with Crippen LogP contribution in [0, 0.1) is 0 Å². The number of allylic oxidation sites excluding steroid dienone is 1. The third-order valence-corrected chi connectivity index (χ3v) is 3.71. The van der Waals surface area contributed by atoms with E-state index in [1.54, 1.807) is 0 Å². The molecule has 0 saturated carbocycles. The van der Waals surface area contributed by atoms with Gasteiger partial charge in [0.2, 0.25) is 0 Å². The molecule has 2 atom stereocenters. The average Bonchev–Trinajstić information content (AvgIpc) is 2.51. The van der Waals surface area contributed by atoms with Crippen molar-refractivity contribution in [3.8, 4) is 0 Å². The predicted octanol–water partition coefficient (Wildman–Crippen LogP) is 4.38. The van der Waals surface area contributed by atoms with E-state index in [1.165, 1.54) is 6.42 Å². The Morgan fingerprint density at radius 2 is 2.14 bits per heavy atom. The number of rotatable bonds is 11. The van der Waals surface area contributed by atoms with Gasteiger partial charge in [0, 0.05) is 13.0 Å². The van der Waals surface area contributed by atoms with Crippen molar-refractivity contribution in [2.45, 2.75) is 84.0 Å². The molecule has 22 heavy (non-hydrogen) atoms. The van der Waals surface area contributed by atoms with E-state index < -0.39 is 0 Å². The highest BCUT2D eigenvalue weighted by Gasteiger charge is 2.16.